The smallest absolute Gasteiger partial charge is 0.197 e. The van der Waals surface area contributed by atoms with Crippen molar-refractivity contribution in [1.29, 1.82) is 5.41 Å². The molecule has 40 heavy (non-hydrogen) atoms. The molecule has 2 aliphatic heterocycles. The highest BCUT2D eigenvalue weighted by molar-refractivity contribution is 6.08. The average molecular weight is 550 g/mol. The Morgan fingerprint density at radius 1 is 1.07 bits per heavy atom. The Morgan fingerprint density at radius 2 is 1.75 bits per heavy atom. The van der Waals surface area contributed by atoms with Crippen LogP contribution in [0.5, 0.6) is 17.2 Å². The minimum Gasteiger partial charge on any atom is -0.494 e. The Kier molecular flexibility index (Phi) is 6.31. The Labute approximate surface area is 236 Å². The zero-order chi connectivity index (χ0) is 28.6. The van der Waals surface area contributed by atoms with Crippen LogP contribution in [0, 0.1) is 23.1 Å². The number of ketones is 1. The number of Topliss-reactive ketones (excluding diaryl/α,β-unsaturated/α-hetero) is 1. The summed E-state index contributed by atoms with van der Waals surface area (Å²) in [5, 5.41) is 9.00. The summed E-state index contributed by atoms with van der Waals surface area (Å²) in [5.74, 6) is 2.06. The van der Waals surface area contributed by atoms with Gasteiger partial charge in [0, 0.05) is 24.2 Å². The van der Waals surface area contributed by atoms with Crippen molar-refractivity contribution in [1.82, 2.24) is 4.90 Å². The fourth-order valence-corrected chi connectivity index (χ4v) is 6.74. The first-order valence-corrected chi connectivity index (χ1v) is 14.5. The molecule has 1 N–H and O–H groups in total. The minimum absolute atomic E-state index is 0.00148. The zero-order valence-corrected chi connectivity index (χ0v) is 24.4. The number of halogens is 1. The maximum Gasteiger partial charge on any atom is 0.197 e. The molecule has 7 nitrogen and oxygen atoms in total. The van der Waals surface area contributed by atoms with Crippen molar-refractivity contribution >= 4 is 17.3 Å². The topological polar surface area (TPSA) is 75.1 Å². The van der Waals surface area contributed by atoms with E-state index in [1.165, 1.54) is 6.42 Å². The van der Waals surface area contributed by atoms with E-state index in [4.69, 9.17) is 19.6 Å². The fourth-order valence-electron chi connectivity index (χ4n) is 6.74. The summed E-state index contributed by atoms with van der Waals surface area (Å²) in [4.78, 5) is 18.2. The number of carbonyl (C=O) groups is 1. The third kappa shape index (κ3) is 4.13. The molecule has 1 spiro atoms. The molecule has 2 aromatic carbocycles. The van der Waals surface area contributed by atoms with Gasteiger partial charge in [-0.25, -0.2) is 4.39 Å². The van der Waals surface area contributed by atoms with Gasteiger partial charge in [0.25, 0.3) is 0 Å². The lowest BCUT2D eigenvalue weighted by molar-refractivity contribution is 0.0943. The minimum atomic E-state index is -0.580. The first-order chi connectivity index (χ1) is 19.0. The molecule has 1 saturated heterocycles. The van der Waals surface area contributed by atoms with Gasteiger partial charge in [-0.2, -0.15) is 0 Å². The summed E-state index contributed by atoms with van der Waals surface area (Å²) >= 11 is 0. The molecule has 2 aromatic rings. The van der Waals surface area contributed by atoms with Crippen LogP contribution in [0.3, 0.4) is 0 Å². The lowest BCUT2D eigenvalue weighted by atomic mass is 9.84. The quantitative estimate of drug-likeness (QED) is 0.393. The Morgan fingerprint density at radius 3 is 2.33 bits per heavy atom. The molecule has 2 saturated carbocycles. The molecular formula is C32H40FN3O4. The number of hydrogen-bond donors (Lipinski definition) is 1. The predicted molar refractivity (Wildman–Crippen MR) is 153 cm³/mol. The molecule has 0 radical (unpaired) electrons. The van der Waals surface area contributed by atoms with E-state index in [-0.39, 0.29) is 41.5 Å². The van der Waals surface area contributed by atoms with Gasteiger partial charge in [-0.3, -0.25) is 10.2 Å². The highest BCUT2D eigenvalue weighted by atomic mass is 19.1. The summed E-state index contributed by atoms with van der Waals surface area (Å²) in [5.41, 5.74) is 2.72. The highest BCUT2D eigenvalue weighted by Gasteiger charge is 2.58. The predicted octanol–water partition coefficient (Wildman–Crippen LogP) is 5.90. The number of ether oxygens (including phenoxy) is 3. The molecule has 2 unspecified atom stereocenters. The van der Waals surface area contributed by atoms with Gasteiger partial charge in [0.2, 0.25) is 0 Å². The van der Waals surface area contributed by atoms with Crippen LogP contribution in [0.2, 0.25) is 0 Å². The molecule has 2 heterocycles. The van der Waals surface area contributed by atoms with E-state index in [0.717, 1.165) is 60.3 Å². The summed E-state index contributed by atoms with van der Waals surface area (Å²) in [6.07, 6.45) is 2.80. The molecule has 4 aliphatic rings. The molecule has 6 rings (SSSR count). The number of carbonyl (C=O) groups excluding carboxylic acids is 1. The first kappa shape index (κ1) is 26.9. The number of rotatable bonds is 9. The van der Waals surface area contributed by atoms with Crippen molar-refractivity contribution < 1.29 is 23.4 Å². The van der Waals surface area contributed by atoms with Crippen LogP contribution in [0.1, 0.15) is 80.9 Å². The van der Waals surface area contributed by atoms with E-state index in [9.17, 15) is 4.79 Å². The summed E-state index contributed by atoms with van der Waals surface area (Å²) < 4.78 is 33.1. The van der Waals surface area contributed by atoms with Crippen LogP contribution in [-0.4, -0.2) is 56.5 Å². The lowest BCUT2D eigenvalue weighted by Crippen LogP contribution is -2.38. The van der Waals surface area contributed by atoms with E-state index in [2.05, 4.69) is 25.7 Å². The van der Waals surface area contributed by atoms with Gasteiger partial charge in [-0.05, 0) is 74.1 Å². The molecule has 214 valence electrons. The van der Waals surface area contributed by atoms with Crippen LogP contribution in [0.15, 0.2) is 18.2 Å². The van der Waals surface area contributed by atoms with Gasteiger partial charge in [0.15, 0.2) is 23.1 Å². The van der Waals surface area contributed by atoms with Crippen molar-refractivity contribution in [2.24, 2.45) is 11.8 Å². The van der Waals surface area contributed by atoms with Gasteiger partial charge in [0.05, 0.1) is 43.7 Å². The third-order valence-electron chi connectivity index (χ3n) is 9.05. The van der Waals surface area contributed by atoms with Crippen LogP contribution in [0.25, 0.3) is 0 Å². The van der Waals surface area contributed by atoms with Crippen molar-refractivity contribution in [2.75, 3.05) is 44.9 Å². The van der Waals surface area contributed by atoms with Gasteiger partial charge < -0.3 is 24.0 Å². The normalized spacial score (nSPS) is 21.9. The maximum atomic E-state index is 15.9. The number of amidine groups is 1. The molecule has 3 fully saturated rings. The van der Waals surface area contributed by atoms with Gasteiger partial charge in [-0.15, -0.1) is 0 Å². The Balaban J connectivity index is 1.36. The molecule has 0 aromatic heterocycles. The van der Waals surface area contributed by atoms with E-state index in [1.54, 1.807) is 18.9 Å². The number of nitrogens with one attached hydrogen (secondary N) is 1. The van der Waals surface area contributed by atoms with Crippen LogP contribution in [-0.2, 0) is 11.0 Å². The van der Waals surface area contributed by atoms with E-state index in [0.29, 0.717) is 17.9 Å². The van der Waals surface area contributed by atoms with Gasteiger partial charge in [0.1, 0.15) is 11.6 Å². The van der Waals surface area contributed by atoms with Crippen molar-refractivity contribution in [3.63, 3.8) is 0 Å². The third-order valence-corrected chi connectivity index (χ3v) is 9.05. The maximum absolute atomic E-state index is 15.9. The van der Waals surface area contributed by atoms with Crippen molar-refractivity contribution in [3.05, 3.63) is 46.3 Å². The number of nitrogens with zero attached hydrogens (tertiary/aromatic N) is 2. The first-order valence-electron chi connectivity index (χ1n) is 14.5. The second-order valence-corrected chi connectivity index (χ2v) is 12.7. The van der Waals surface area contributed by atoms with E-state index >= 15 is 4.39 Å². The fraction of sp³-hybridized carbons (Fsp3) is 0.562. The second-order valence-electron chi connectivity index (χ2n) is 12.7. The lowest BCUT2D eigenvalue weighted by Gasteiger charge is -2.30. The largest absolute Gasteiger partial charge is 0.494 e. The number of methoxy groups -OCH3 is 1. The number of benzene rings is 2. The van der Waals surface area contributed by atoms with E-state index in [1.807, 2.05) is 25.1 Å². The van der Waals surface area contributed by atoms with Crippen molar-refractivity contribution in [3.8, 4) is 17.2 Å². The standard InChI is InChI=1S/C32H40FN3O4/c1-7-39-25-14-21-26(27(33)29(25)40-8-2)30(34)36(32(21)9-10-32)17-24(37)18-12-22(31(3,4)5)28(38-6)23(13-18)35-15-19-11-20(19)16-35/h12-14,19-20,34H,7-11,15-17H2,1-6H3. The molecule has 0 amide bonds. The molecule has 2 atom stereocenters. The summed E-state index contributed by atoms with van der Waals surface area (Å²) in [6.45, 7) is 12.7. The number of hydrogen-bond acceptors (Lipinski definition) is 6. The molecule has 8 heteroatoms. The summed E-state index contributed by atoms with van der Waals surface area (Å²) in [6, 6.07) is 5.74. The Bertz CT molecular complexity index is 1380. The molecule has 0 bridgehead atoms. The second kappa shape index (κ2) is 9.38. The monoisotopic (exact) mass is 549 g/mol. The van der Waals surface area contributed by atoms with Crippen LogP contribution < -0.4 is 19.1 Å². The van der Waals surface area contributed by atoms with Crippen LogP contribution >= 0.6 is 0 Å². The molecular weight excluding hydrogens is 509 g/mol. The number of fused-ring (bicyclic) bond motifs is 3. The zero-order valence-electron chi connectivity index (χ0n) is 24.4. The van der Waals surface area contributed by atoms with Gasteiger partial charge >= 0.3 is 0 Å². The van der Waals surface area contributed by atoms with Crippen molar-refractivity contribution in [2.45, 2.75) is 64.8 Å². The Hall–Kier alpha value is -3.29. The van der Waals surface area contributed by atoms with Gasteiger partial charge in [-0.1, -0.05) is 20.8 Å². The summed E-state index contributed by atoms with van der Waals surface area (Å²) in [7, 11) is 1.70. The van der Waals surface area contributed by atoms with E-state index < -0.39 is 11.4 Å². The molecule has 2 aliphatic carbocycles. The average Bonchev–Trinajstić information content (AvgIpc) is 3.82. The SMILES string of the molecule is CCOc1cc2c(c(F)c1OCC)C(=N)N(CC(=O)c1cc(N3CC4CC4C3)c(OC)c(C(C)(C)C)c1)C21CC1. The van der Waals surface area contributed by atoms with Crippen LogP contribution in [0.4, 0.5) is 10.1 Å². The number of piperidine rings is 1. The number of anilines is 1. The highest BCUT2D eigenvalue weighted by Crippen LogP contribution is 2.59.